The summed E-state index contributed by atoms with van der Waals surface area (Å²) in [7, 11) is 0. The van der Waals surface area contributed by atoms with Crippen LogP contribution in [0.5, 0.6) is 0 Å². The molecule has 1 aliphatic carbocycles. The van der Waals surface area contributed by atoms with Crippen molar-refractivity contribution in [2.24, 2.45) is 0 Å². The molecular weight excluding hydrogens is 277 g/mol. The smallest absolute Gasteiger partial charge is 0.145 e. The lowest BCUT2D eigenvalue weighted by atomic mass is 10.1. The Bertz CT molecular complexity index is 597. The van der Waals surface area contributed by atoms with Crippen molar-refractivity contribution in [2.45, 2.75) is 31.8 Å². The van der Waals surface area contributed by atoms with Crippen LogP contribution in [-0.4, -0.2) is 16.0 Å². The third-order valence-electron chi connectivity index (χ3n) is 3.31. The van der Waals surface area contributed by atoms with E-state index in [1.807, 2.05) is 0 Å². The molecule has 5 heteroatoms. The molecule has 1 aromatic heterocycles. The van der Waals surface area contributed by atoms with Gasteiger partial charge in [0.25, 0.3) is 0 Å². The van der Waals surface area contributed by atoms with Crippen LogP contribution in [0.4, 0.5) is 4.39 Å². The zero-order valence-corrected chi connectivity index (χ0v) is 11.7. The summed E-state index contributed by atoms with van der Waals surface area (Å²) in [4.78, 5) is 8.56. The lowest BCUT2D eigenvalue weighted by Gasteiger charge is -2.05. The Morgan fingerprint density at radius 1 is 1.25 bits per heavy atom. The number of nitrogens with one attached hydrogen (secondary N) is 1. The van der Waals surface area contributed by atoms with E-state index in [-0.39, 0.29) is 5.02 Å². The van der Waals surface area contributed by atoms with Gasteiger partial charge in [-0.05, 0) is 24.5 Å². The summed E-state index contributed by atoms with van der Waals surface area (Å²) >= 11 is 5.76. The Hall–Kier alpha value is -1.52. The van der Waals surface area contributed by atoms with E-state index in [1.54, 1.807) is 24.5 Å². The van der Waals surface area contributed by atoms with Gasteiger partial charge in [0.15, 0.2) is 0 Å². The lowest BCUT2D eigenvalue weighted by Crippen LogP contribution is -2.15. The maximum absolute atomic E-state index is 13.8. The number of benzene rings is 1. The first-order valence-electron chi connectivity index (χ1n) is 6.68. The van der Waals surface area contributed by atoms with Gasteiger partial charge in [-0.2, -0.15) is 0 Å². The molecule has 1 aromatic carbocycles. The SMILES string of the molecule is Fc1c(Cl)cccc1Cc1ncc(CNC2CC2)cn1. The van der Waals surface area contributed by atoms with Gasteiger partial charge in [0.1, 0.15) is 11.6 Å². The molecule has 1 saturated carbocycles. The van der Waals surface area contributed by atoms with Crippen LogP contribution in [0.2, 0.25) is 5.02 Å². The Labute approximate surface area is 122 Å². The standard InChI is InChI=1S/C15H15ClFN3/c16-13-3-1-2-11(15(13)17)6-14-19-8-10(9-20-14)7-18-12-4-5-12/h1-3,8-9,12,18H,4-7H2. The molecule has 0 spiro atoms. The largest absolute Gasteiger partial charge is 0.310 e. The highest BCUT2D eigenvalue weighted by Gasteiger charge is 2.20. The van der Waals surface area contributed by atoms with Crippen LogP contribution in [0, 0.1) is 5.82 Å². The minimum Gasteiger partial charge on any atom is -0.310 e. The quantitative estimate of drug-likeness (QED) is 0.920. The van der Waals surface area contributed by atoms with Crippen LogP contribution in [0.3, 0.4) is 0 Å². The Balaban J connectivity index is 1.66. The fourth-order valence-corrected chi connectivity index (χ4v) is 2.16. The molecule has 1 fully saturated rings. The number of halogens is 2. The highest BCUT2D eigenvalue weighted by molar-refractivity contribution is 6.30. The zero-order valence-electron chi connectivity index (χ0n) is 10.9. The van der Waals surface area contributed by atoms with Gasteiger partial charge in [0.2, 0.25) is 0 Å². The molecular formula is C15H15ClFN3. The molecule has 0 amide bonds. The van der Waals surface area contributed by atoms with E-state index in [0.29, 0.717) is 23.9 Å². The minimum absolute atomic E-state index is 0.132. The summed E-state index contributed by atoms with van der Waals surface area (Å²) in [6.07, 6.45) is 6.45. The van der Waals surface area contributed by atoms with Crippen LogP contribution < -0.4 is 5.32 Å². The average molecular weight is 292 g/mol. The van der Waals surface area contributed by atoms with Crippen LogP contribution in [0.15, 0.2) is 30.6 Å². The van der Waals surface area contributed by atoms with E-state index in [2.05, 4.69) is 15.3 Å². The molecule has 1 heterocycles. The topological polar surface area (TPSA) is 37.8 Å². The van der Waals surface area contributed by atoms with Crippen molar-refractivity contribution in [3.8, 4) is 0 Å². The first-order chi connectivity index (χ1) is 9.72. The highest BCUT2D eigenvalue weighted by atomic mass is 35.5. The fourth-order valence-electron chi connectivity index (χ4n) is 1.97. The maximum atomic E-state index is 13.8. The van der Waals surface area contributed by atoms with E-state index in [0.717, 1.165) is 12.1 Å². The van der Waals surface area contributed by atoms with E-state index in [9.17, 15) is 4.39 Å². The molecule has 1 aliphatic rings. The highest BCUT2D eigenvalue weighted by Crippen LogP contribution is 2.20. The molecule has 20 heavy (non-hydrogen) atoms. The lowest BCUT2D eigenvalue weighted by molar-refractivity contribution is 0.612. The van der Waals surface area contributed by atoms with Crippen molar-refractivity contribution >= 4 is 11.6 Å². The fraction of sp³-hybridized carbons (Fsp3) is 0.333. The third kappa shape index (κ3) is 3.32. The van der Waals surface area contributed by atoms with Crippen molar-refractivity contribution in [1.82, 2.24) is 15.3 Å². The molecule has 3 nitrogen and oxygen atoms in total. The molecule has 0 unspecified atom stereocenters. The summed E-state index contributed by atoms with van der Waals surface area (Å²) in [6, 6.07) is 5.63. The number of hydrogen-bond donors (Lipinski definition) is 1. The van der Waals surface area contributed by atoms with E-state index in [4.69, 9.17) is 11.6 Å². The van der Waals surface area contributed by atoms with Gasteiger partial charge in [0, 0.05) is 37.0 Å². The summed E-state index contributed by atoms with van der Waals surface area (Å²) in [5, 5.41) is 3.53. The van der Waals surface area contributed by atoms with Gasteiger partial charge in [0.05, 0.1) is 5.02 Å². The molecule has 1 N–H and O–H groups in total. The minimum atomic E-state index is -0.391. The normalized spacial score (nSPS) is 14.5. The summed E-state index contributed by atoms with van der Waals surface area (Å²) < 4.78 is 13.8. The van der Waals surface area contributed by atoms with Crippen LogP contribution >= 0.6 is 11.6 Å². The van der Waals surface area contributed by atoms with Gasteiger partial charge in [-0.1, -0.05) is 23.7 Å². The van der Waals surface area contributed by atoms with Crippen molar-refractivity contribution in [1.29, 1.82) is 0 Å². The van der Waals surface area contributed by atoms with E-state index >= 15 is 0 Å². The number of rotatable bonds is 5. The van der Waals surface area contributed by atoms with E-state index < -0.39 is 5.82 Å². The van der Waals surface area contributed by atoms with E-state index in [1.165, 1.54) is 18.9 Å². The number of hydrogen-bond acceptors (Lipinski definition) is 3. The van der Waals surface area contributed by atoms with Crippen molar-refractivity contribution < 1.29 is 4.39 Å². The second-order valence-corrected chi connectivity index (χ2v) is 5.46. The first-order valence-corrected chi connectivity index (χ1v) is 7.06. The van der Waals surface area contributed by atoms with Crippen molar-refractivity contribution in [2.75, 3.05) is 0 Å². The molecule has 0 atom stereocenters. The Morgan fingerprint density at radius 3 is 2.70 bits per heavy atom. The molecule has 104 valence electrons. The van der Waals surface area contributed by atoms with Gasteiger partial charge in [-0.25, -0.2) is 14.4 Å². The second kappa shape index (κ2) is 5.85. The summed E-state index contributed by atoms with van der Waals surface area (Å²) in [5.41, 5.74) is 1.56. The van der Waals surface area contributed by atoms with Crippen LogP contribution in [0.1, 0.15) is 29.8 Å². The second-order valence-electron chi connectivity index (χ2n) is 5.05. The predicted molar refractivity (Wildman–Crippen MR) is 76.1 cm³/mol. The Morgan fingerprint density at radius 2 is 2.00 bits per heavy atom. The summed E-state index contributed by atoms with van der Waals surface area (Å²) in [5.74, 6) is 0.207. The first kappa shape index (κ1) is 13.5. The molecule has 3 rings (SSSR count). The van der Waals surface area contributed by atoms with Crippen molar-refractivity contribution in [3.05, 3.63) is 58.4 Å². The Kier molecular flexibility index (Phi) is 3.94. The number of nitrogens with zero attached hydrogens (tertiary/aromatic N) is 2. The van der Waals surface area contributed by atoms with Gasteiger partial charge >= 0.3 is 0 Å². The molecule has 0 saturated heterocycles. The van der Waals surface area contributed by atoms with Gasteiger partial charge in [-0.3, -0.25) is 0 Å². The van der Waals surface area contributed by atoms with Crippen molar-refractivity contribution in [3.63, 3.8) is 0 Å². The summed E-state index contributed by atoms with van der Waals surface area (Å²) in [6.45, 7) is 0.788. The number of aromatic nitrogens is 2. The molecule has 0 aliphatic heterocycles. The third-order valence-corrected chi connectivity index (χ3v) is 3.60. The van der Waals surface area contributed by atoms with Crippen LogP contribution in [-0.2, 0) is 13.0 Å². The van der Waals surface area contributed by atoms with Gasteiger partial charge in [-0.15, -0.1) is 0 Å². The predicted octanol–water partition coefficient (Wildman–Crippen LogP) is 3.11. The van der Waals surface area contributed by atoms with Crippen LogP contribution in [0.25, 0.3) is 0 Å². The van der Waals surface area contributed by atoms with Gasteiger partial charge < -0.3 is 5.32 Å². The maximum Gasteiger partial charge on any atom is 0.145 e. The zero-order chi connectivity index (χ0) is 13.9. The molecule has 0 radical (unpaired) electrons. The average Bonchev–Trinajstić information content (AvgIpc) is 3.27. The monoisotopic (exact) mass is 291 g/mol. The molecule has 2 aromatic rings. The molecule has 0 bridgehead atoms.